The summed E-state index contributed by atoms with van der Waals surface area (Å²) in [4.78, 5) is 23.3. The Morgan fingerprint density at radius 3 is 2.95 bits per heavy atom. The van der Waals surface area contributed by atoms with E-state index in [1.54, 1.807) is 25.3 Å². The predicted octanol–water partition coefficient (Wildman–Crippen LogP) is 1.46. The van der Waals surface area contributed by atoms with E-state index in [1.807, 2.05) is 0 Å². The number of amides is 1. The molecule has 0 radical (unpaired) electrons. The number of hydrogen-bond acceptors (Lipinski definition) is 3. The Bertz CT molecular complexity index is 702. The van der Waals surface area contributed by atoms with Crippen LogP contribution in [0.5, 0.6) is 5.75 Å². The molecule has 6 nitrogen and oxygen atoms in total. The van der Waals surface area contributed by atoms with Gasteiger partial charge >= 0.3 is 6.09 Å². The zero-order valence-electron chi connectivity index (χ0n) is 10.3. The lowest BCUT2D eigenvalue weighted by Crippen LogP contribution is -2.34. The third-order valence-electron chi connectivity index (χ3n) is 3.35. The van der Waals surface area contributed by atoms with Gasteiger partial charge in [-0.25, -0.2) is 9.36 Å². The maximum Gasteiger partial charge on any atom is 0.416 e. The Kier molecular flexibility index (Phi) is 2.45. The van der Waals surface area contributed by atoms with Crippen LogP contribution in [0, 0.1) is 0 Å². The second kappa shape index (κ2) is 4.01. The SMILES string of the molecule is COc1ccc2c(c1)c1c(n2C(=O)O)C(=O)NCC1. The maximum atomic E-state index is 11.9. The molecular weight excluding hydrogens is 248 g/mol. The number of fused-ring (bicyclic) bond motifs is 3. The Labute approximate surface area is 108 Å². The first kappa shape index (κ1) is 11.6. The zero-order chi connectivity index (χ0) is 13.6. The molecule has 0 unspecified atom stereocenters. The van der Waals surface area contributed by atoms with Crippen molar-refractivity contribution in [2.75, 3.05) is 13.7 Å². The number of rotatable bonds is 1. The normalized spacial score (nSPS) is 14.1. The van der Waals surface area contributed by atoms with Crippen LogP contribution in [0.25, 0.3) is 10.9 Å². The van der Waals surface area contributed by atoms with Crippen LogP contribution in [0.1, 0.15) is 16.1 Å². The van der Waals surface area contributed by atoms with Gasteiger partial charge in [-0.2, -0.15) is 0 Å². The summed E-state index contributed by atoms with van der Waals surface area (Å²) < 4.78 is 6.19. The number of carbonyl (C=O) groups is 2. The first-order valence-electron chi connectivity index (χ1n) is 5.86. The van der Waals surface area contributed by atoms with Gasteiger partial charge in [0.05, 0.1) is 12.6 Å². The first-order chi connectivity index (χ1) is 9.13. The van der Waals surface area contributed by atoms with Crippen LogP contribution in [0.4, 0.5) is 4.79 Å². The van der Waals surface area contributed by atoms with Gasteiger partial charge in [-0.15, -0.1) is 0 Å². The van der Waals surface area contributed by atoms with Crippen molar-refractivity contribution in [1.82, 2.24) is 9.88 Å². The summed E-state index contributed by atoms with van der Waals surface area (Å²) in [6, 6.07) is 5.12. The quantitative estimate of drug-likeness (QED) is 0.813. The highest BCUT2D eigenvalue weighted by molar-refractivity contribution is 6.07. The summed E-state index contributed by atoms with van der Waals surface area (Å²) in [7, 11) is 1.55. The van der Waals surface area contributed by atoms with Gasteiger partial charge in [-0.05, 0) is 30.2 Å². The van der Waals surface area contributed by atoms with E-state index in [0.717, 1.165) is 15.5 Å². The standard InChI is InChI=1S/C13H12N2O4/c1-19-7-2-3-10-9(6-7)8-4-5-14-12(16)11(8)15(10)13(17)18/h2-3,6H,4-5H2,1H3,(H,14,16)(H,17,18). The Morgan fingerprint density at radius 2 is 2.26 bits per heavy atom. The minimum Gasteiger partial charge on any atom is -0.497 e. The van der Waals surface area contributed by atoms with E-state index in [4.69, 9.17) is 4.74 Å². The fourth-order valence-electron chi connectivity index (χ4n) is 2.54. The van der Waals surface area contributed by atoms with Crippen molar-refractivity contribution in [3.8, 4) is 5.75 Å². The molecule has 1 aromatic heterocycles. The highest BCUT2D eigenvalue weighted by Crippen LogP contribution is 2.31. The molecule has 0 saturated carbocycles. The van der Waals surface area contributed by atoms with Crippen LogP contribution in [0.2, 0.25) is 0 Å². The Hall–Kier alpha value is -2.50. The molecule has 0 aliphatic carbocycles. The second-order valence-electron chi connectivity index (χ2n) is 4.33. The molecule has 0 spiro atoms. The summed E-state index contributed by atoms with van der Waals surface area (Å²) in [6.07, 6.45) is -0.543. The van der Waals surface area contributed by atoms with Crippen LogP contribution in [0.15, 0.2) is 18.2 Å². The molecule has 0 fully saturated rings. The van der Waals surface area contributed by atoms with E-state index in [-0.39, 0.29) is 11.6 Å². The molecule has 0 saturated heterocycles. The minimum atomic E-state index is -1.16. The Morgan fingerprint density at radius 1 is 1.47 bits per heavy atom. The van der Waals surface area contributed by atoms with Gasteiger partial charge in [-0.3, -0.25) is 4.79 Å². The summed E-state index contributed by atoms with van der Waals surface area (Å²) in [5.41, 5.74) is 1.48. The number of benzene rings is 1. The second-order valence-corrected chi connectivity index (χ2v) is 4.33. The van der Waals surface area contributed by atoms with Crippen LogP contribution in [0.3, 0.4) is 0 Å². The first-order valence-corrected chi connectivity index (χ1v) is 5.86. The number of methoxy groups -OCH3 is 1. The van der Waals surface area contributed by atoms with Gasteiger partial charge in [0.1, 0.15) is 11.4 Å². The van der Waals surface area contributed by atoms with Crippen LogP contribution in [-0.4, -0.2) is 35.3 Å². The average molecular weight is 260 g/mol. The maximum absolute atomic E-state index is 11.9. The third kappa shape index (κ3) is 1.56. The molecule has 98 valence electrons. The van der Waals surface area contributed by atoms with Gasteiger partial charge in [0.15, 0.2) is 0 Å². The Balaban J connectivity index is 2.42. The number of nitrogens with zero attached hydrogens (tertiary/aromatic N) is 1. The molecule has 1 aliphatic rings. The smallest absolute Gasteiger partial charge is 0.416 e. The number of carboxylic acid groups (broad SMARTS) is 1. The molecule has 1 aliphatic heterocycles. The lowest BCUT2D eigenvalue weighted by atomic mass is 10.0. The highest BCUT2D eigenvalue weighted by atomic mass is 16.5. The number of hydrogen-bond donors (Lipinski definition) is 2. The molecule has 3 rings (SSSR count). The van der Waals surface area contributed by atoms with Crippen molar-refractivity contribution < 1.29 is 19.4 Å². The fourth-order valence-corrected chi connectivity index (χ4v) is 2.54. The largest absolute Gasteiger partial charge is 0.497 e. The van der Waals surface area contributed by atoms with E-state index in [9.17, 15) is 14.7 Å². The van der Waals surface area contributed by atoms with Gasteiger partial charge < -0.3 is 15.2 Å². The molecule has 2 N–H and O–H groups in total. The van der Waals surface area contributed by atoms with Crippen molar-refractivity contribution >= 4 is 22.9 Å². The molecule has 0 bridgehead atoms. The van der Waals surface area contributed by atoms with Crippen LogP contribution < -0.4 is 10.1 Å². The summed E-state index contributed by atoms with van der Waals surface area (Å²) >= 11 is 0. The number of nitrogens with one attached hydrogen (secondary N) is 1. The van der Waals surface area contributed by atoms with Crippen molar-refractivity contribution in [2.45, 2.75) is 6.42 Å². The minimum absolute atomic E-state index is 0.210. The molecular formula is C13H12N2O4. The van der Waals surface area contributed by atoms with Crippen molar-refractivity contribution in [1.29, 1.82) is 0 Å². The summed E-state index contributed by atoms with van der Waals surface area (Å²) in [5.74, 6) is 0.294. The number of carbonyl (C=O) groups excluding carboxylic acids is 1. The van der Waals surface area contributed by atoms with E-state index in [2.05, 4.69) is 5.32 Å². The number of aromatic nitrogens is 1. The monoisotopic (exact) mass is 260 g/mol. The summed E-state index contributed by atoms with van der Waals surface area (Å²) in [5, 5.41) is 12.7. The molecule has 1 amide bonds. The van der Waals surface area contributed by atoms with E-state index in [0.29, 0.717) is 24.2 Å². The van der Waals surface area contributed by atoms with E-state index in [1.165, 1.54) is 0 Å². The highest BCUT2D eigenvalue weighted by Gasteiger charge is 2.28. The molecule has 1 aromatic carbocycles. The molecule has 6 heteroatoms. The van der Waals surface area contributed by atoms with Gasteiger partial charge in [0, 0.05) is 11.9 Å². The van der Waals surface area contributed by atoms with Gasteiger partial charge in [0.25, 0.3) is 5.91 Å². The van der Waals surface area contributed by atoms with Gasteiger partial charge in [-0.1, -0.05) is 0 Å². The number of ether oxygens (including phenoxy) is 1. The summed E-state index contributed by atoms with van der Waals surface area (Å²) in [6.45, 7) is 0.516. The fraction of sp³-hybridized carbons (Fsp3) is 0.231. The van der Waals surface area contributed by atoms with E-state index < -0.39 is 6.09 Å². The topological polar surface area (TPSA) is 80.6 Å². The zero-order valence-corrected chi connectivity index (χ0v) is 10.3. The lowest BCUT2D eigenvalue weighted by molar-refractivity contribution is 0.0935. The van der Waals surface area contributed by atoms with Crippen molar-refractivity contribution in [2.24, 2.45) is 0 Å². The third-order valence-corrected chi connectivity index (χ3v) is 3.35. The van der Waals surface area contributed by atoms with Gasteiger partial charge in [0.2, 0.25) is 0 Å². The van der Waals surface area contributed by atoms with Crippen LogP contribution >= 0.6 is 0 Å². The molecule has 2 heterocycles. The molecule has 2 aromatic rings. The van der Waals surface area contributed by atoms with Crippen molar-refractivity contribution in [3.05, 3.63) is 29.5 Å². The van der Waals surface area contributed by atoms with E-state index >= 15 is 0 Å². The average Bonchev–Trinajstić information content (AvgIpc) is 2.74. The lowest BCUT2D eigenvalue weighted by Gasteiger charge is -2.14. The predicted molar refractivity (Wildman–Crippen MR) is 68.0 cm³/mol. The molecule has 19 heavy (non-hydrogen) atoms. The van der Waals surface area contributed by atoms with Crippen LogP contribution in [-0.2, 0) is 6.42 Å². The molecule has 0 atom stereocenters. The van der Waals surface area contributed by atoms with Crippen molar-refractivity contribution in [3.63, 3.8) is 0 Å².